The number of nitrogens with two attached hydrogens (primary N) is 1. The van der Waals surface area contributed by atoms with Gasteiger partial charge in [0, 0.05) is 22.8 Å². The summed E-state index contributed by atoms with van der Waals surface area (Å²) < 4.78 is 5.88. The molecule has 0 aliphatic carbocycles. The Morgan fingerprint density at radius 3 is 2.85 bits per heavy atom. The van der Waals surface area contributed by atoms with Crippen LogP contribution in [0.5, 0.6) is 0 Å². The first-order valence-electron chi connectivity index (χ1n) is 6.06. The van der Waals surface area contributed by atoms with E-state index < -0.39 is 5.97 Å². The molecule has 4 nitrogen and oxygen atoms in total. The lowest BCUT2D eigenvalue weighted by Gasteiger charge is -2.11. The Bertz CT molecular complexity index is 613. The van der Waals surface area contributed by atoms with Gasteiger partial charge in [0.1, 0.15) is 0 Å². The second kappa shape index (κ2) is 6.76. The summed E-state index contributed by atoms with van der Waals surface area (Å²) in [6.07, 6.45) is 0.890. The number of ether oxygens (including phenoxy) is 1. The molecule has 0 aliphatic heterocycles. The van der Waals surface area contributed by atoms with Crippen LogP contribution in [0.4, 0.5) is 11.4 Å². The normalized spacial score (nSPS) is 10.3. The molecule has 0 amide bonds. The molecule has 1 heterocycles. The number of halogens is 1. The maximum atomic E-state index is 11.7. The highest BCUT2D eigenvalue weighted by Crippen LogP contribution is 2.23. The molecule has 6 heteroatoms. The van der Waals surface area contributed by atoms with Crippen LogP contribution in [0.15, 0.2) is 34.1 Å². The molecule has 0 atom stereocenters. The molecule has 1 aromatic heterocycles. The van der Waals surface area contributed by atoms with Crippen molar-refractivity contribution >= 4 is 44.6 Å². The number of rotatable bonds is 5. The third-order valence-corrected chi connectivity index (χ3v) is 4.45. The average Bonchev–Trinajstić information content (AvgIpc) is 2.85. The number of hydrogen-bond acceptors (Lipinski definition) is 5. The summed E-state index contributed by atoms with van der Waals surface area (Å²) in [5, 5.41) is 3.25. The van der Waals surface area contributed by atoms with Crippen LogP contribution in [-0.2, 0) is 11.2 Å². The number of methoxy groups -OCH3 is 1. The molecule has 0 saturated carbocycles. The molecule has 2 aromatic rings. The summed E-state index contributed by atoms with van der Waals surface area (Å²) in [6, 6.07) is 9.29. The van der Waals surface area contributed by atoms with Gasteiger partial charge in [0.15, 0.2) is 0 Å². The minimum atomic E-state index is -0.390. The number of carbonyl (C=O) groups excluding carboxylic acids is 1. The standard InChI is InChI=1S/C14H15BrN2O2S/c1-19-14(18)11-8-9(16)2-4-12(11)17-7-6-10-3-5-13(15)20-10/h2-5,8,17H,6-7,16H2,1H3. The van der Waals surface area contributed by atoms with Crippen molar-refractivity contribution in [1.82, 2.24) is 0 Å². The fraction of sp³-hybridized carbons (Fsp3) is 0.214. The van der Waals surface area contributed by atoms with E-state index in [1.165, 1.54) is 12.0 Å². The van der Waals surface area contributed by atoms with Gasteiger partial charge in [-0.15, -0.1) is 11.3 Å². The third-order valence-electron chi connectivity index (χ3n) is 2.76. The lowest BCUT2D eigenvalue weighted by Crippen LogP contribution is -2.11. The molecule has 20 heavy (non-hydrogen) atoms. The number of carbonyl (C=O) groups is 1. The van der Waals surface area contributed by atoms with Gasteiger partial charge in [-0.2, -0.15) is 0 Å². The summed E-state index contributed by atoms with van der Waals surface area (Å²) in [4.78, 5) is 13.0. The Morgan fingerprint density at radius 1 is 1.40 bits per heavy atom. The van der Waals surface area contributed by atoms with Crippen LogP contribution in [0.1, 0.15) is 15.2 Å². The molecule has 0 radical (unpaired) electrons. The molecule has 0 fully saturated rings. The van der Waals surface area contributed by atoms with Crippen molar-refractivity contribution in [2.75, 3.05) is 24.7 Å². The zero-order chi connectivity index (χ0) is 14.5. The highest BCUT2D eigenvalue weighted by molar-refractivity contribution is 9.11. The monoisotopic (exact) mass is 354 g/mol. The third kappa shape index (κ3) is 3.74. The van der Waals surface area contributed by atoms with E-state index in [1.54, 1.807) is 29.5 Å². The Hall–Kier alpha value is -1.53. The first-order valence-corrected chi connectivity index (χ1v) is 7.67. The number of thiophene rings is 1. The minimum Gasteiger partial charge on any atom is -0.465 e. The van der Waals surface area contributed by atoms with Crippen LogP contribution < -0.4 is 11.1 Å². The maximum absolute atomic E-state index is 11.7. The Morgan fingerprint density at radius 2 is 2.20 bits per heavy atom. The molecule has 3 N–H and O–H groups in total. The highest BCUT2D eigenvalue weighted by atomic mass is 79.9. The predicted octanol–water partition coefficient (Wildman–Crippen LogP) is 3.53. The van der Waals surface area contributed by atoms with E-state index in [-0.39, 0.29) is 0 Å². The Kier molecular flexibility index (Phi) is 5.03. The van der Waals surface area contributed by atoms with Crippen LogP contribution in [0.3, 0.4) is 0 Å². The van der Waals surface area contributed by atoms with Gasteiger partial charge in [0.25, 0.3) is 0 Å². The molecule has 2 rings (SSSR count). The van der Waals surface area contributed by atoms with Crippen molar-refractivity contribution < 1.29 is 9.53 Å². The molecular formula is C14H15BrN2O2S. The first kappa shape index (κ1) is 14.9. The zero-order valence-corrected chi connectivity index (χ0v) is 13.4. The fourth-order valence-corrected chi connectivity index (χ4v) is 3.28. The van der Waals surface area contributed by atoms with Gasteiger partial charge in [0.2, 0.25) is 0 Å². The van der Waals surface area contributed by atoms with E-state index in [1.807, 2.05) is 6.07 Å². The number of anilines is 2. The van der Waals surface area contributed by atoms with E-state index >= 15 is 0 Å². The smallest absolute Gasteiger partial charge is 0.340 e. The quantitative estimate of drug-likeness (QED) is 0.636. The van der Waals surface area contributed by atoms with E-state index in [4.69, 9.17) is 10.5 Å². The van der Waals surface area contributed by atoms with Crippen LogP contribution >= 0.6 is 27.3 Å². The average molecular weight is 355 g/mol. The number of nitrogens with one attached hydrogen (secondary N) is 1. The zero-order valence-electron chi connectivity index (χ0n) is 11.0. The summed E-state index contributed by atoms with van der Waals surface area (Å²) >= 11 is 5.15. The molecule has 0 bridgehead atoms. The number of esters is 1. The van der Waals surface area contributed by atoms with Gasteiger partial charge < -0.3 is 15.8 Å². The predicted molar refractivity (Wildman–Crippen MR) is 86.4 cm³/mol. The molecular weight excluding hydrogens is 340 g/mol. The summed E-state index contributed by atoms with van der Waals surface area (Å²) in [5.74, 6) is -0.390. The SMILES string of the molecule is COC(=O)c1cc(N)ccc1NCCc1ccc(Br)s1. The molecule has 0 spiro atoms. The van der Waals surface area contributed by atoms with E-state index in [2.05, 4.69) is 27.3 Å². The number of hydrogen-bond donors (Lipinski definition) is 2. The van der Waals surface area contributed by atoms with Crippen molar-refractivity contribution in [1.29, 1.82) is 0 Å². The largest absolute Gasteiger partial charge is 0.465 e. The lowest BCUT2D eigenvalue weighted by atomic mass is 10.1. The maximum Gasteiger partial charge on any atom is 0.340 e. The van der Waals surface area contributed by atoms with Crippen molar-refractivity contribution in [2.45, 2.75) is 6.42 Å². The summed E-state index contributed by atoms with van der Waals surface area (Å²) in [7, 11) is 1.36. The van der Waals surface area contributed by atoms with Crippen LogP contribution in [-0.4, -0.2) is 19.6 Å². The van der Waals surface area contributed by atoms with E-state index in [0.29, 0.717) is 11.3 Å². The first-order chi connectivity index (χ1) is 9.60. The van der Waals surface area contributed by atoms with Crippen LogP contribution in [0, 0.1) is 0 Å². The van der Waals surface area contributed by atoms with Gasteiger partial charge >= 0.3 is 5.97 Å². The highest BCUT2D eigenvalue weighted by Gasteiger charge is 2.12. The fourth-order valence-electron chi connectivity index (χ4n) is 1.80. The van der Waals surface area contributed by atoms with Gasteiger partial charge in [0.05, 0.1) is 16.5 Å². The van der Waals surface area contributed by atoms with Gasteiger partial charge in [-0.25, -0.2) is 4.79 Å². The van der Waals surface area contributed by atoms with E-state index in [0.717, 1.165) is 22.4 Å². The molecule has 1 aromatic carbocycles. The van der Waals surface area contributed by atoms with Crippen LogP contribution in [0.25, 0.3) is 0 Å². The summed E-state index contributed by atoms with van der Waals surface area (Å²) in [5.41, 5.74) is 7.44. The van der Waals surface area contributed by atoms with Crippen molar-refractivity contribution in [3.8, 4) is 0 Å². The van der Waals surface area contributed by atoms with Crippen molar-refractivity contribution in [2.24, 2.45) is 0 Å². The Balaban J connectivity index is 2.03. The van der Waals surface area contributed by atoms with Gasteiger partial charge in [-0.3, -0.25) is 0 Å². The lowest BCUT2D eigenvalue weighted by molar-refractivity contribution is 0.0602. The second-order valence-corrected chi connectivity index (χ2v) is 6.73. The minimum absolute atomic E-state index is 0.390. The van der Waals surface area contributed by atoms with E-state index in [9.17, 15) is 4.79 Å². The molecule has 0 saturated heterocycles. The van der Waals surface area contributed by atoms with Gasteiger partial charge in [-0.05, 0) is 52.7 Å². The molecule has 106 valence electrons. The summed E-state index contributed by atoms with van der Waals surface area (Å²) in [6.45, 7) is 0.737. The van der Waals surface area contributed by atoms with Crippen molar-refractivity contribution in [3.63, 3.8) is 0 Å². The number of nitrogen functional groups attached to an aromatic ring is 1. The number of benzene rings is 1. The second-order valence-electron chi connectivity index (χ2n) is 4.18. The van der Waals surface area contributed by atoms with Crippen LogP contribution in [0.2, 0.25) is 0 Å². The molecule has 0 unspecified atom stereocenters. The topological polar surface area (TPSA) is 64.3 Å². The Labute approximate surface area is 130 Å². The molecule has 0 aliphatic rings. The van der Waals surface area contributed by atoms with Gasteiger partial charge in [-0.1, -0.05) is 0 Å². The van der Waals surface area contributed by atoms with Crippen molar-refractivity contribution in [3.05, 3.63) is 44.6 Å².